The predicted octanol–water partition coefficient (Wildman–Crippen LogP) is 5.32. The van der Waals surface area contributed by atoms with Gasteiger partial charge in [-0.25, -0.2) is 4.98 Å². The molecule has 1 amide bonds. The molecule has 1 heterocycles. The highest BCUT2D eigenvalue weighted by atomic mass is 32.1. The first-order valence-electron chi connectivity index (χ1n) is 10.3. The number of anilines is 1. The van der Waals surface area contributed by atoms with Crippen molar-refractivity contribution >= 4 is 22.9 Å². The lowest BCUT2D eigenvalue weighted by atomic mass is 10.2. The Morgan fingerprint density at radius 2 is 2.07 bits per heavy atom. The first kappa shape index (κ1) is 20.6. The van der Waals surface area contributed by atoms with Crippen LogP contribution in [0.25, 0.3) is 10.6 Å². The number of nitrogens with zero attached hydrogens (tertiary/aromatic N) is 1. The summed E-state index contributed by atoms with van der Waals surface area (Å²) in [6, 6.07) is 15.7. The normalized spacial score (nSPS) is 13.2. The van der Waals surface area contributed by atoms with Gasteiger partial charge < -0.3 is 14.8 Å². The SMILES string of the molecule is CCOc1ccccc1-c1nc(CC(=O)Nc2cccc(COCC3CC3)c2)cs1. The van der Waals surface area contributed by atoms with Crippen LogP contribution < -0.4 is 10.1 Å². The topological polar surface area (TPSA) is 60.5 Å². The van der Waals surface area contributed by atoms with Crippen LogP contribution in [0.5, 0.6) is 5.75 Å². The molecule has 3 aromatic rings. The van der Waals surface area contributed by atoms with Crippen LogP contribution in [0.4, 0.5) is 5.69 Å². The van der Waals surface area contributed by atoms with Gasteiger partial charge in [-0.15, -0.1) is 11.3 Å². The van der Waals surface area contributed by atoms with E-state index in [1.807, 2.05) is 60.8 Å². The summed E-state index contributed by atoms with van der Waals surface area (Å²) < 4.78 is 11.4. The van der Waals surface area contributed by atoms with Crippen molar-refractivity contribution < 1.29 is 14.3 Å². The number of benzene rings is 2. The zero-order valence-electron chi connectivity index (χ0n) is 17.1. The minimum Gasteiger partial charge on any atom is -0.493 e. The number of nitrogens with one attached hydrogen (secondary N) is 1. The largest absolute Gasteiger partial charge is 0.493 e. The van der Waals surface area contributed by atoms with E-state index in [9.17, 15) is 4.79 Å². The Hall–Kier alpha value is -2.70. The van der Waals surface area contributed by atoms with E-state index in [0.29, 0.717) is 13.2 Å². The van der Waals surface area contributed by atoms with Gasteiger partial charge in [0.2, 0.25) is 5.91 Å². The lowest BCUT2D eigenvalue weighted by Gasteiger charge is -2.08. The number of thiazole rings is 1. The zero-order chi connectivity index (χ0) is 20.8. The van der Waals surface area contributed by atoms with Gasteiger partial charge in [0.15, 0.2) is 0 Å². The Labute approximate surface area is 181 Å². The van der Waals surface area contributed by atoms with E-state index in [1.54, 1.807) is 0 Å². The summed E-state index contributed by atoms with van der Waals surface area (Å²) in [6.45, 7) is 3.97. The number of aromatic nitrogens is 1. The lowest BCUT2D eigenvalue weighted by Crippen LogP contribution is -2.14. The summed E-state index contributed by atoms with van der Waals surface area (Å²) in [5, 5.41) is 5.76. The number of carbonyl (C=O) groups excluding carboxylic acids is 1. The minimum absolute atomic E-state index is 0.0824. The summed E-state index contributed by atoms with van der Waals surface area (Å²) in [5.74, 6) is 1.48. The number of carbonyl (C=O) groups is 1. The molecule has 1 saturated carbocycles. The average Bonchev–Trinajstić information content (AvgIpc) is 3.45. The van der Waals surface area contributed by atoms with E-state index in [1.165, 1.54) is 24.2 Å². The Balaban J connectivity index is 1.34. The van der Waals surface area contributed by atoms with Gasteiger partial charge in [0, 0.05) is 17.7 Å². The molecule has 1 fully saturated rings. The third kappa shape index (κ3) is 5.68. The molecule has 2 aromatic carbocycles. The van der Waals surface area contributed by atoms with Crippen LogP contribution in [0.1, 0.15) is 31.0 Å². The zero-order valence-corrected chi connectivity index (χ0v) is 17.9. The molecule has 0 spiro atoms. The highest BCUT2D eigenvalue weighted by Gasteiger charge is 2.21. The van der Waals surface area contributed by atoms with E-state index < -0.39 is 0 Å². The number of hydrogen-bond acceptors (Lipinski definition) is 5. The fourth-order valence-electron chi connectivity index (χ4n) is 3.17. The van der Waals surface area contributed by atoms with E-state index in [2.05, 4.69) is 10.3 Å². The first-order chi connectivity index (χ1) is 14.7. The summed E-state index contributed by atoms with van der Waals surface area (Å²) in [7, 11) is 0. The van der Waals surface area contributed by atoms with Gasteiger partial charge in [-0.3, -0.25) is 4.79 Å². The molecule has 6 heteroatoms. The average molecular weight is 423 g/mol. The third-order valence-corrected chi connectivity index (χ3v) is 5.77. The standard InChI is InChI=1S/C24H26N2O3S/c1-2-29-22-9-4-3-8-21(22)24-26-20(16-30-24)13-23(27)25-19-7-5-6-18(12-19)15-28-14-17-10-11-17/h3-9,12,16-17H,2,10-11,13-15H2,1H3,(H,25,27). The van der Waals surface area contributed by atoms with Crippen molar-refractivity contribution in [1.82, 2.24) is 4.98 Å². The highest BCUT2D eigenvalue weighted by molar-refractivity contribution is 7.13. The molecule has 4 rings (SSSR count). The van der Waals surface area contributed by atoms with Crippen LogP contribution in [-0.2, 0) is 22.6 Å². The molecule has 0 unspecified atom stereocenters. The fourth-order valence-corrected chi connectivity index (χ4v) is 4.02. The van der Waals surface area contributed by atoms with Crippen LogP contribution in [0.3, 0.4) is 0 Å². The molecule has 1 N–H and O–H groups in total. The maximum absolute atomic E-state index is 12.5. The van der Waals surface area contributed by atoms with Crippen molar-refractivity contribution in [1.29, 1.82) is 0 Å². The number of amides is 1. The van der Waals surface area contributed by atoms with Gasteiger partial charge in [0.05, 0.1) is 30.9 Å². The van der Waals surface area contributed by atoms with Crippen LogP contribution in [0, 0.1) is 5.92 Å². The Morgan fingerprint density at radius 3 is 2.90 bits per heavy atom. The number of para-hydroxylation sites is 1. The molecule has 0 bridgehead atoms. The quantitative estimate of drug-likeness (QED) is 0.481. The smallest absolute Gasteiger partial charge is 0.230 e. The second-order valence-electron chi connectivity index (χ2n) is 7.46. The predicted molar refractivity (Wildman–Crippen MR) is 120 cm³/mol. The maximum atomic E-state index is 12.5. The summed E-state index contributed by atoms with van der Waals surface area (Å²) in [5.41, 5.74) is 3.55. The van der Waals surface area contributed by atoms with E-state index in [0.717, 1.165) is 45.8 Å². The number of rotatable bonds is 10. The second kappa shape index (κ2) is 9.87. The molecule has 156 valence electrons. The summed E-state index contributed by atoms with van der Waals surface area (Å²) in [4.78, 5) is 17.2. The van der Waals surface area contributed by atoms with Crippen molar-refractivity contribution in [2.24, 2.45) is 5.92 Å². The molecule has 1 aliphatic carbocycles. The van der Waals surface area contributed by atoms with E-state index in [4.69, 9.17) is 9.47 Å². The van der Waals surface area contributed by atoms with Crippen molar-refractivity contribution in [3.05, 3.63) is 65.2 Å². The number of ether oxygens (including phenoxy) is 2. The van der Waals surface area contributed by atoms with Gasteiger partial charge in [0.1, 0.15) is 10.8 Å². The van der Waals surface area contributed by atoms with E-state index in [-0.39, 0.29) is 12.3 Å². The molecule has 0 atom stereocenters. The monoisotopic (exact) mass is 422 g/mol. The maximum Gasteiger partial charge on any atom is 0.230 e. The highest BCUT2D eigenvalue weighted by Crippen LogP contribution is 2.32. The minimum atomic E-state index is -0.0824. The molecule has 0 aliphatic heterocycles. The van der Waals surface area contributed by atoms with Crippen molar-refractivity contribution in [3.63, 3.8) is 0 Å². The van der Waals surface area contributed by atoms with E-state index >= 15 is 0 Å². The molecule has 1 aliphatic rings. The molecule has 30 heavy (non-hydrogen) atoms. The van der Waals surface area contributed by atoms with Crippen molar-refractivity contribution in [2.75, 3.05) is 18.5 Å². The van der Waals surface area contributed by atoms with Gasteiger partial charge >= 0.3 is 0 Å². The molecule has 1 aromatic heterocycles. The molecule has 0 radical (unpaired) electrons. The Bertz CT molecular complexity index is 997. The Kier molecular flexibility index (Phi) is 6.77. The molecule has 0 saturated heterocycles. The fraction of sp³-hybridized carbons (Fsp3) is 0.333. The molecular weight excluding hydrogens is 396 g/mol. The first-order valence-corrected chi connectivity index (χ1v) is 11.2. The number of hydrogen-bond donors (Lipinski definition) is 1. The Morgan fingerprint density at radius 1 is 1.20 bits per heavy atom. The van der Waals surface area contributed by atoms with Crippen molar-refractivity contribution in [3.8, 4) is 16.3 Å². The van der Waals surface area contributed by atoms with Gasteiger partial charge in [-0.2, -0.15) is 0 Å². The van der Waals surface area contributed by atoms with Gasteiger partial charge in [-0.05, 0) is 55.5 Å². The van der Waals surface area contributed by atoms with Crippen LogP contribution in [0.15, 0.2) is 53.9 Å². The summed E-state index contributed by atoms with van der Waals surface area (Å²) in [6.07, 6.45) is 2.80. The van der Waals surface area contributed by atoms with Crippen LogP contribution in [0.2, 0.25) is 0 Å². The van der Waals surface area contributed by atoms with Gasteiger partial charge in [0.25, 0.3) is 0 Å². The van der Waals surface area contributed by atoms with Crippen LogP contribution in [-0.4, -0.2) is 24.1 Å². The third-order valence-electron chi connectivity index (χ3n) is 4.84. The molecular formula is C24H26N2O3S. The second-order valence-corrected chi connectivity index (χ2v) is 8.32. The van der Waals surface area contributed by atoms with Crippen LogP contribution >= 0.6 is 11.3 Å². The summed E-state index contributed by atoms with van der Waals surface area (Å²) >= 11 is 1.52. The molecule has 5 nitrogen and oxygen atoms in total. The lowest BCUT2D eigenvalue weighted by molar-refractivity contribution is -0.115. The van der Waals surface area contributed by atoms with Gasteiger partial charge in [-0.1, -0.05) is 24.3 Å². The van der Waals surface area contributed by atoms with Crippen molar-refractivity contribution in [2.45, 2.75) is 32.8 Å².